The number of hydrogen-bond acceptors (Lipinski definition) is 2. The predicted octanol–water partition coefficient (Wildman–Crippen LogP) is 2.07. The molecule has 1 aromatic carbocycles. The average molecular weight is 179 g/mol. The third kappa shape index (κ3) is 3.47. The van der Waals surface area contributed by atoms with Gasteiger partial charge >= 0.3 is 0 Å². The van der Waals surface area contributed by atoms with Gasteiger partial charge in [0.05, 0.1) is 6.61 Å². The lowest BCUT2D eigenvalue weighted by molar-refractivity contribution is 0.146. The van der Waals surface area contributed by atoms with Gasteiger partial charge in [-0.05, 0) is 24.1 Å². The van der Waals surface area contributed by atoms with E-state index in [0.717, 1.165) is 12.2 Å². The Kier molecular flexibility index (Phi) is 4.33. The largest absolute Gasteiger partial charge is 0.491 e. The van der Waals surface area contributed by atoms with Gasteiger partial charge in [0.1, 0.15) is 12.4 Å². The van der Waals surface area contributed by atoms with Crippen molar-refractivity contribution in [3.63, 3.8) is 0 Å². The van der Waals surface area contributed by atoms with E-state index in [1.807, 2.05) is 12.1 Å². The zero-order chi connectivity index (χ0) is 9.52. The third-order valence-corrected chi connectivity index (χ3v) is 1.80. The Morgan fingerprint density at radius 3 is 2.69 bits per heavy atom. The van der Waals surface area contributed by atoms with Crippen LogP contribution in [0.1, 0.15) is 12.5 Å². The molecular formula is C11H15O2. The van der Waals surface area contributed by atoms with Crippen LogP contribution in [0.4, 0.5) is 0 Å². The van der Waals surface area contributed by atoms with Crippen LogP contribution >= 0.6 is 0 Å². The first-order valence-electron chi connectivity index (χ1n) is 4.49. The Balaban J connectivity index is 2.40. The van der Waals surface area contributed by atoms with Crippen molar-refractivity contribution in [3.8, 4) is 5.75 Å². The van der Waals surface area contributed by atoms with Crippen molar-refractivity contribution in [2.24, 2.45) is 0 Å². The maximum Gasteiger partial charge on any atom is 0.127 e. The number of methoxy groups -OCH3 is 1. The summed E-state index contributed by atoms with van der Waals surface area (Å²) in [7, 11) is 1.66. The van der Waals surface area contributed by atoms with Crippen molar-refractivity contribution in [3.05, 3.63) is 29.8 Å². The number of hydrogen-bond donors (Lipinski definition) is 0. The molecular weight excluding hydrogens is 164 g/mol. The van der Waals surface area contributed by atoms with Gasteiger partial charge in [0.25, 0.3) is 0 Å². The topological polar surface area (TPSA) is 18.5 Å². The molecule has 0 aliphatic rings. The van der Waals surface area contributed by atoms with Gasteiger partial charge in [0.15, 0.2) is 0 Å². The number of benzene rings is 1. The monoisotopic (exact) mass is 179 g/mol. The Bertz CT molecular complexity index is 228. The molecule has 1 radical (unpaired) electrons. The summed E-state index contributed by atoms with van der Waals surface area (Å²) in [6, 6.07) is 9.02. The van der Waals surface area contributed by atoms with Crippen LogP contribution in [0.15, 0.2) is 18.2 Å². The van der Waals surface area contributed by atoms with Gasteiger partial charge < -0.3 is 9.47 Å². The molecule has 2 nitrogen and oxygen atoms in total. The lowest BCUT2D eigenvalue weighted by Gasteiger charge is -2.04. The van der Waals surface area contributed by atoms with Crippen LogP contribution in [0.3, 0.4) is 0 Å². The van der Waals surface area contributed by atoms with Crippen molar-refractivity contribution in [1.82, 2.24) is 0 Å². The molecule has 13 heavy (non-hydrogen) atoms. The quantitative estimate of drug-likeness (QED) is 0.644. The molecule has 0 fully saturated rings. The summed E-state index contributed by atoms with van der Waals surface area (Å²) in [5, 5.41) is 0. The highest BCUT2D eigenvalue weighted by Gasteiger charge is 1.93. The van der Waals surface area contributed by atoms with Crippen LogP contribution in [0.25, 0.3) is 0 Å². The first-order chi connectivity index (χ1) is 6.36. The molecule has 0 aliphatic carbocycles. The summed E-state index contributed by atoms with van der Waals surface area (Å²) >= 11 is 0. The van der Waals surface area contributed by atoms with Gasteiger partial charge in [0, 0.05) is 13.2 Å². The van der Waals surface area contributed by atoms with Crippen molar-refractivity contribution >= 4 is 0 Å². The van der Waals surface area contributed by atoms with Crippen LogP contribution in [0.5, 0.6) is 5.75 Å². The standard InChI is InChI=1S/C11H15O2/c1-3-10-4-6-11(7-5-10)13-9-8-12-2/h4-6H,3,8-9H2,1-2H3. The maximum absolute atomic E-state index is 5.37. The minimum absolute atomic E-state index is 0.582. The maximum atomic E-state index is 5.37. The summed E-state index contributed by atoms with van der Waals surface area (Å²) in [4.78, 5) is 0. The van der Waals surface area contributed by atoms with Crippen molar-refractivity contribution in [2.75, 3.05) is 20.3 Å². The summed E-state index contributed by atoms with van der Waals surface area (Å²) < 4.78 is 10.2. The number of rotatable bonds is 5. The zero-order valence-corrected chi connectivity index (χ0v) is 8.17. The molecule has 0 saturated carbocycles. The molecule has 0 aromatic heterocycles. The summed E-state index contributed by atoms with van der Waals surface area (Å²) in [6.07, 6.45) is 1.04. The first-order valence-corrected chi connectivity index (χ1v) is 4.49. The van der Waals surface area contributed by atoms with E-state index in [-0.39, 0.29) is 0 Å². The van der Waals surface area contributed by atoms with Crippen LogP contribution < -0.4 is 4.74 Å². The summed E-state index contributed by atoms with van der Waals surface area (Å²) in [5.41, 5.74) is 1.28. The Labute approximate surface area is 79.5 Å². The molecule has 71 valence electrons. The highest BCUT2D eigenvalue weighted by atomic mass is 16.5. The van der Waals surface area contributed by atoms with Crippen molar-refractivity contribution in [2.45, 2.75) is 13.3 Å². The molecule has 0 amide bonds. The fraction of sp³-hybridized carbons (Fsp3) is 0.455. The molecule has 1 aromatic rings. The number of aryl methyl sites for hydroxylation is 1. The van der Waals surface area contributed by atoms with Crippen molar-refractivity contribution < 1.29 is 9.47 Å². The normalized spacial score (nSPS) is 10.0. The van der Waals surface area contributed by atoms with Gasteiger partial charge in [-0.3, -0.25) is 0 Å². The molecule has 0 unspecified atom stereocenters. The second kappa shape index (κ2) is 5.60. The smallest absolute Gasteiger partial charge is 0.127 e. The first kappa shape index (κ1) is 10.1. The van der Waals surface area contributed by atoms with E-state index < -0.39 is 0 Å². The second-order valence-electron chi connectivity index (χ2n) is 2.76. The summed E-state index contributed by atoms with van der Waals surface area (Å²) in [5.74, 6) is 0.786. The molecule has 0 spiro atoms. The highest BCUT2D eigenvalue weighted by molar-refractivity contribution is 5.25. The molecule has 2 heteroatoms. The van der Waals surface area contributed by atoms with E-state index in [4.69, 9.17) is 9.47 Å². The van der Waals surface area contributed by atoms with Gasteiger partial charge in [0.2, 0.25) is 0 Å². The lowest BCUT2D eigenvalue weighted by atomic mass is 10.2. The molecule has 0 aliphatic heterocycles. The van der Waals surface area contributed by atoms with E-state index >= 15 is 0 Å². The van der Waals surface area contributed by atoms with E-state index in [2.05, 4.69) is 19.1 Å². The Morgan fingerprint density at radius 2 is 2.15 bits per heavy atom. The second-order valence-corrected chi connectivity index (χ2v) is 2.76. The zero-order valence-electron chi connectivity index (χ0n) is 8.17. The van der Waals surface area contributed by atoms with Gasteiger partial charge in [-0.2, -0.15) is 0 Å². The van der Waals surface area contributed by atoms with Crippen LogP contribution in [-0.4, -0.2) is 20.3 Å². The lowest BCUT2D eigenvalue weighted by Crippen LogP contribution is -2.04. The van der Waals surface area contributed by atoms with Gasteiger partial charge in [-0.15, -0.1) is 0 Å². The predicted molar refractivity (Wildman–Crippen MR) is 52.0 cm³/mol. The van der Waals surface area contributed by atoms with Crippen LogP contribution in [-0.2, 0) is 11.2 Å². The minimum atomic E-state index is 0.582. The minimum Gasteiger partial charge on any atom is -0.491 e. The van der Waals surface area contributed by atoms with E-state index in [1.165, 1.54) is 5.56 Å². The fourth-order valence-corrected chi connectivity index (χ4v) is 0.987. The highest BCUT2D eigenvalue weighted by Crippen LogP contribution is 2.11. The van der Waals surface area contributed by atoms with Crippen LogP contribution in [0, 0.1) is 6.07 Å². The molecule has 0 atom stereocenters. The van der Waals surface area contributed by atoms with Crippen molar-refractivity contribution in [1.29, 1.82) is 0 Å². The molecule has 0 heterocycles. The van der Waals surface area contributed by atoms with E-state index in [9.17, 15) is 0 Å². The van der Waals surface area contributed by atoms with E-state index in [1.54, 1.807) is 7.11 Å². The van der Waals surface area contributed by atoms with Gasteiger partial charge in [-0.25, -0.2) is 0 Å². The molecule has 1 rings (SSSR count). The van der Waals surface area contributed by atoms with Crippen LogP contribution in [0.2, 0.25) is 0 Å². The molecule has 0 saturated heterocycles. The summed E-state index contributed by atoms with van der Waals surface area (Å²) in [6.45, 7) is 3.32. The van der Waals surface area contributed by atoms with E-state index in [0.29, 0.717) is 13.2 Å². The Morgan fingerprint density at radius 1 is 1.31 bits per heavy atom. The number of ether oxygens (including phenoxy) is 2. The Hall–Kier alpha value is -1.02. The fourth-order valence-electron chi connectivity index (χ4n) is 0.987. The molecule has 0 bridgehead atoms. The van der Waals surface area contributed by atoms with Gasteiger partial charge in [-0.1, -0.05) is 13.0 Å². The molecule has 0 N–H and O–H groups in total. The SMILES string of the molecule is CCc1c[c]c(OCCOC)cc1. The third-order valence-electron chi connectivity index (χ3n) is 1.80. The average Bonchev–Trinajstić information content (AvgIpc) is 2.19.